The maximum absolute atomic E-state index is 5.81. The predicted octanol–water partition coefficient (Wildman–Crippen LogP) is 2.04. The first-order valence-corrected chi connectivity index (χ1v) is 5.77. The summed E-state index contributed by atoms with van der Waals surface area (Å²) in [4.78, 5) is 0. The molecule has 0 amide bonds. The maximum atomic E-state index is 5.81. The van der Waals surface area contributed by atoms with Gasteiger partial charge in [0.15, 0.2) is 0 Å². The van der Waals surface area contributed by atoms with E-state index < -0.39 is 0 Å². The first-order valence-electron chi connectivity index (χ1n) is 5.39. The minimum Gasteiger partial charge on any atom is -0.353 e. The Morgan fingerprint density at radius 1 is 1.38 bits per heavy atom. The summed E-state index contributed by atoms with van der Waals surface area (Å²) in [6.07, 6.45) is 0.910. The second kappa shape index (κ2) is 4.72. The summed E-state index contributed by atoms with van der Waals surface area (Å²) in [7, 11) is 0. The molecule has 0 aromatic heterocycles. The first kappa shape index (κ1) is 11.9. The fraction of sp³-hybridized carbons (Fsp3) is 0.500. The van der Waals surface area contributed by atoms with Crippen LogP contribution in [0.5, 0.6) is 0 Å². The Morgan fingerprint density at radius 3 is 2.25 bits per heavy atom. The van der Waals surface area contributed by atoms with Crippen molar-refractivity contribution in [3.05, 3.63) is 33.7 Å². The second-order valence-electron chi connectivity index (χ2n) is 4.23. The zero-order valence-electron chi connectivity index (χ0n) is 9.33. The first-order chi connectivity index (χ1) is 7.64. The predicted molar refractivity (Wildman–Crippen MR) is 63.1 cm³/mol. The van der Waals surface area contributed by atoms with Gasteiger partial charge in [-0.1, -0.05) is 30.7 Å². The number of benzene rings is 1. The summed E-state index contributed by atoms with van der Waals surface area (Å²) in [5.41, 5.74) is 5.58. The van der Waals surface area contributed by atoms with Crippen molar-refractivity contribution in [3.63, 3.8) is 0 Å². The Labute approximate surface area is 99.8 Å². The van der Waals surface area contributed by atoms with E-state index in [-0.39, 0.29) is 5.54 Å². The Kier molecular flexibility index (Phi) is 3.50. The fourth-order valence-electron chi connectivity index (χ4n) is 1.54. The van der Waals surface area contributed by atoms with Gasteiger partial charge in [-0.15, -0.1) is 0 Å². The van der Waals surface area contributed by atoms with Crippen LogP contribution in [0.25, 0.3) is 0 Å². The number of nitrogens with two attached hydrogens (primary N) is 1. The molecule has 1 aliphatic heterocycles. The van der Waals surface area contributed by atoms with Crippen LogP contribution < -0.4 is 5.73 Å². The van der Waals surface area contributed by atoms with Gasteiger partial charge in [-0.3, -0.25) is 0 Å². The monoisotopic (exact) mass is 241 g/mol. The van der Waals surface area contributed by atoms with Crippen LogP contribution >= 0.6 is 11.6 Å². The van der Waals surface area contributed by atoms with Crippen molar-refractivity contribution in [1.82, 2.24) is 0 Å². The minimum absolute atomic E-state index is 0.224. The van der Waals surface area contributed by atoms with Gasteiger partial charge in [-0.25, -0.2) is 0 Å². The van der Waals surface area contributed by atoms with Gasteiger partial charge in [-0.05, 0) is 17.7 Å². The molecule has 3 rings (SSSR count). The van der Waals surface area contributed by atoms with Crippen LogP contribution in [0.4, 0.5) is 0 Å². The van der Waals surface area contributed by atoms with Gasteiger partial charge in [0, 0.05) is 10.2 Å². The molecule has 0 aromatic carbocycles. The number of ether oxygens (including phenoxy) is 2. The summed E-state index contributed by atoms with van der Waals surface area (Å²) >= 11 is 5.60. The van der Waals surface area contributed by atoms with E-state index in [4.69, 9.17) is 26.8 Å². The van der Waals surface area contributed by atoms with Crippen LogP contribution in [0.3, 0.4) is 0 Å². The highest BCUT2D eigenvalue weighted by Gasteiger charge is 2.26. The topological polar surface area (TPSA) is 44.5 Å². The Hall–Kier alpha value is -0.610. The average molecular weight is 242 g/mol. The number of hydrogen-bond acceptors (Lipinski definition) is 3. The standard InChI is InChI=1S/C6H3Cl.C6H13NO2/c7-6-3-4-1-2-5(4)6;1-2-6(7)3-8-5-9-4-6/h1-3H;2-5,7H2,1H3. The molecule has 88 valence electrons. The summed E-state index contributed by atoms with van der Waals surface area (Å²) in [5.74, 6) is 0. The zero-order valence-corrected chi connectivity index (χ0v) is 10.1. The molecule has 4 heteroatoms. The van der Waals surface area contributed by atoms with Gasteiger partial charge in [0.25, 0.3) is 0 Å². The van der Waals surface area contributed by atoms with Crippen molar-refractivity contribution in [2.75, 3.05) is 20.0 Å². The van der Waals surface area contributed by atoms with E-state index in [0.29, 0.717) is 20.0 Å². The van der Waals surface area contributed by atoms with Crippen LogP contribution in [-0.4, -0.2) is 25.5 Å². The highest BCUT2D eigenvalue weighted by atomic mass is 35.5. The van der Waals surface area contributed by atoms with Crippen molar-refractivity contribution >= 4 is 11.6 Å². The molecule has 1 fully saturated rings. The molecule has 0 aromatic rings. The third-order valence-electron chi connectivity index (χ3n) is 2.93. The molecule has 3 nitrogen and oxygen atoms in total. The van der Waals surface area contributed by atoms with Gasteiger partial charge in [0.2, 0.25) is 0 Å². The Balaban J connectivity index is 0.000000123. The lowest BCUT2D eigenvalue weighted by atomic mass is 10.00. The van der Waals surface area contributed by atoms with E-state index >= 15 is 0 Å². The summed E-state index contributed by atoms with van der Waals surface area (Å²) in [5, 5.41) is 3.46. The van der Waals surface area contributed by atoms with E-state index in [1.807, 2.05) is 19.1 Å². The summed E-state index contributed by atoms with van der Waals surface area (Å²) in [6, 6.07) is 6.05. The smallest absolute Gasteiger partial charge is 0.146 e. The van der Waals surface area contributed by atoms with Crippen molar-refractivity contribution < 1.29 is 9.47 Å². The van der Waals surface area contributed by atoms with Crippen LogP contribution in [-0.2, 0) is 9.47 Å². The molecule has 0 spiro atoms. The minimum atomic E-state index is -0.224. The average Bonchev–Trinajstić information content (AvgIpc) is 2.27. The lowest BCUT2D eigenvalue weighted by Gasteiger charge is -2.31. The largest absolute Gasteiger partial charge is 0.353 e. The number of halogens is 1. The summed E-state index contributed by atoms with van der Waals surface area (Å²) < 4.78 is 10.1. The van der Waals surface area contributed by atoms with E-state index in [0.717, 1.165) is 11.4 Å². The van der Waals surface area contributed by atoms with E-state index in [2.05, 4.69) is 6.07 Å². The van der Waals surface area contributed by atoms with Crippen molar-refractivity contribution in [2.45, 2.75) is 18.9 Å². The van der Waals surface area contributed by atoms with Gasteiger partial charge >= 0.3 is 0 Å². The van der Waals surface area contributed by atoms with Gasteiger partial charge in [-0.2, -0.15) is 0 Å². The molecule has 0 atom stereocenters. The van der Waals surface area contributed by atoms with E-state index in [1.165, 1.54) is 10.4 Å². The molecular weight excluding hydrogens is 226 g/mol. The normalized spacial score (nSPS) is 19.7. The third-order valence-corrected chi connectivity index (χ3v) is 3.24. The maximum Gasteiger partial charge on any atom is 0.146 e. The van der Waals surface area contributed by atoms with Gasteiger partial charge in [0.05, 0.1) is 18.8 Å². The van der Waals surface area contributed by atoms with Crippen molar-refractivity contribution in [2.24, 2.45) is 5.73 Å². The lowest BCUT2D eigenvalue weighted by Crippen LogP contribution is -2.51. The molecule has 0 saturated carbocycles. The third kappa shape index (κ3) is 2.38. The molecule has 3 aliphatic rings. The van der Waals surface area contributed by atoms with Crippen molar-refractivity contribution in [1.29, 1.82) is 0 Å². The molecule has 0 bridgehead atoms. The molecule has 0 unspecified atom stereocenters. The van der Waals surface area contributed by atoms with Crippen LogP contribution in [0, 0.1) is 10.4 Å². The second-order valence-corrected chi connectivity index (χ2v) is 4.63. The molecular formula is C12H16ClNO2. The fourth-order valence-corrected chi connectivity index (χ4v) is 1.83. The van der Waals surface area contributed by atoms with Gasteiger partial charge in [0.1, 0.15) is 6.79 Å². The lowest BCUT2D eigenvalue weighted by molar-refractivity contribution is -0.135. The molecule has 1 saturated heterocycles. The highest BCUT2D eigenvalue weighted by Crippen LogP contribution is 2.20. The van der Waals surface area contributed by atoms with Gasteiger partial charge < -0.3 is 15.2 Å². The zero-order chi connectivity index (χ0) is 11.6. The molecule has 2 aliphatic carbocycles. The van der Waals surface area contributed by atoms with E-state index in [1.54, 1.807) is 0 Å². The van der Waals surface area contributed by atoms with Crippen LogP contribution in [0.15, 0.2) is 18.2 Å². The van der Waals surface area contributed by atoms with E-state index in [9.17, 15) is 0 Å². The molecule has 2 N–H and O–H groups in total. The number of hydrogen-bond donors (Lipinski definition) is 1. The Bertz CT molecular complexity index is 455. The Morgan fingerprint density at radius 2 is 2.06 bits per heavy atom. The summed E-state index contributed by atoms with van der Waals surface area (Å²) in [6.45, 7) is 3.70. The molecule has 1 heterocycles. The molecule has 0 radical (unpaired) electrons. The quantitative estimate of drug-likeness (QED) is 0.831. The molecule has 16 heavy (non-hydrogen) atoms. The highest BCUT2D eigenvalue weighted by molar-refractivity contribution is 6.31. The van der Waals surface area contributed by atoms with Crippen molar-refractivity contribution in [3.8, 4) is 0 Å². The SMILES string of the molecule is CCC1(N)COCOC1.Clc1cc2ccc1=2. The number of rotatable bonds is 1. The van der Waals surface area contributed by atoms with Crippen LogP contribution in [0.1, 0.15) is 13.3 Å². The van der Waals surface area contributed by atoms with Crippen LogP contribution in [0.2, 0.25) is 5.02 Å².